The second-order valence-electron chi connectivity index (χ2n) is 8.09. The SMILES string of the molecule is COc1ccc(C=NNc2oc(=O)n(NN=Cc3ccc(OC)c(OC)c3)c2Nc2ccc(Cl)cc2Cl)cc1OC. The maximum atomic E-state index is 12.8. The Hall–Kier alpha value is -4.81. The van der Waals surface area contributed by atoms with Crippen molar-refractivity contribution in [3.8, 4) is 23.0 Å². The van der Waals surface area contributed by atoms with Crippen LogP contribution in [0.15, 0.2) is 74.0 Å². The molecule has 0 unspecified atom stereocenters. The van der Waals surface area contributed by atoms with Crippen LogP contribution in [0.25, 0.3) is 0 Å². The van der Waals surface area contributed by atoms with Crippen molar-refractivity contribution in [2.24, 2.45) is 10.2 Å². The maximum Gasteiger partial charge on any atom is 0.443 e. The Labute approximate surface area is 245 Å². The summed E-state index contributed by atoms with van der Waals surface area (Å²) in [7, 11) is 6.16. The predicted octanol–water partition coefficient (Wildman–Crippen LogP) is 5.55. The zero-order chi connectivity index (χ0) is 29.4. The van der Waals surface area contributed by atoms with Crippen molar-refractivity contribution in [2.75, 3.05) is 44.7 Å². The number of hydrogen-bond acceptors (Lipinski definition) is 11. The summed E-state index contributed by atoms with van der Waals surface area (Å²) in [5, 5.41) is 12.2. The Morgan fingerprint density at radius 3 is 1.93 bits per heavy atom. The van der Waals surface area contributed by atoms with E-state index in [0.29, 0.717) is 49.9 Å². The molecular formula is C27H26Cl2N6O6. The van der Waals surface area contributed by atoms with E-state index in [1.54, 1.807) is 68.8 Å². The molecule has 0 radical (unpaired) electrons. The molecule has 4 aromatic rings. The van der Waals surface area contributed by atoms with Crippen LogP contribution in [0.5, 0.6) is 23.0 Å². The molecule has 0 amide bonds. The average molecular weight is 601 g/mol. The Kier molecular flexibility index (Phi) is 9.61. The molecule has 214 valence electrons. The number of ether oxygens (including phenoxy) is 4. The van der Waals surface area contributed by atoms with Gasteiger partial charge in [-0.1, -0.05) is 23.2 Å². The molecule has 0 spiro atoms. The van der Waals surface area contributed by atoms with Gasteiger partial charge in [-0.15, -0.1) is 4.68 Å². The van der Waals surface area contributed by atoms with E-state index in [1.165, 1.54) is 26.6 Å². The summed E-state index contributed by atoms with van der Waals surface area (Å²) in [5.41, 5.74) is 7.22. The van der Waals surface area contributed by atoms with Crippen molar-refractivity contribution in [2.45, 2.75) is 0 Å². The lowest BCUT2D eigenvalue weighted by molar-refractivity contribution is 0.355. The van der Waals surface area contributed by atoms with Crippen LogP contribution in [0.1, 0.15) is 11.1 Å². The number of rotatable bonds is 12. The van der Waals surface area contributed by atoms with Gasteiger partial charge in [0.15, 0.2) is 23.0 Å². The topological polar surface area (TPSA) is 133 Å². The average Bonchev–Trinajstić information content (AvgIpc) is 3.27. The number of anilines is 3. The van der Waals surface area contributed by atoms with Crippen molar-refractivity contribution in [3.63, 3.8) is 0 Å². The third-order valence-corrected chi connectivity index (χ3v) is 6.11. The van der Waals surface area contributed by atoms with Gasteiger partial charge < -0.3 is 28.7 Å². The second kappa shape index (κ2) is 13.5. The summed E-state index contributed by atoms with van der Waals surface area (Å²) in [4.78, 5) is 12.8. The highest BCUT2D eigenvalue weighted by Crippen LogP contribution is 2.32. The van der Waals surface area contributed by atoms with E-state index in [4.69, 9.17) is 46.6 Å². The molecule has 0 atom stereocenters. The molecule has 12 nitrogen and oxygen atoms in total. The van der Waals surface area contributed by atoms with E-state index < -0.39 is 5.76 Å². The number of nitrogens with zero attached hydrogens (tertiary/aromatic N) is 3. The highest BCUT2D eigenvalue weighted by Gasteiger charge is 2.18. The standard InChI is InChI=1S/C27H26Cl2N6O6/c1-37-21-9-5-16(11-23(21)39-3)14-30-33-26-25(32-20-8-7-18(28)13-19(20)29)35(27(36)41-26)34-31-15-17-6-10-22(38-2)24(12-17)40-4/h5-15,32-34H,1-4H3. The fourth-order valence-corrected chi connectivity index (χ4v) is 4.02. The van der Waals surface area contributed by atoms with Crippen LogP contribution in [0.3, 0.4) is 0 Å². The molecular weight excluding hydrogens is 575 g/mol. The van der Waals surface area contributed by atoms with Gasteiger partial charge in [-0.05, 0) is 65.7 Å². The second-order valence-corrected chi connectivity index (χ2v) is 8.93. The molecule has 0 bridgehead atoms. The van der Waals surface area contributed by atoms with E-state index in [-0.39, 0.29) is 11.7 Å². The molecule has 0 aliphatic carbocycles. The minimum absolute atomic E-state index is 0.0217. The van der Waals surface area contributed by atoms with E-state index in [9.17, 15) is 4.79 Å². The zero-order valence-electron chi connectivity index (χ0n) is 22.4. The first-order chi connectivity index (χ1) is 19.9. The van der Waals surface area contributed by atoms with Crippen LogP contribution < -0.4 is 41.0 Å². The molecule has 1 heterocycles. The molecule has 3 N–H and O–H groups in total. The van der Waals surface area contributed by atoms with Crippen molar-refractivity contribution in [3.05, 3.63) is 86.3 Å². The van der Waals surface area contributed by atoms with Gasteiger partial charge in [0, 0.05) is 5.02 Å². The lowest BCUT2D eigenvalue weighted by Crippen LogP contribution is -2.23. The van der Waals surface area contributed by atoms with Gasteiger partial charge in [0.05, 0.1) is 51.6 Å². The Bertz CT molecular complexity index is 1640. The molecule has 0 fully saturated rings. The van der Waals surface area contributed by atoms with Gasteiger partial charge in [-0.25, -0.2) is 15.8 Å². The summed E-state index contributed by atoms with van der Waals surface area (Å²) in [5.74, 6) is 1.53. The number of methoxy groups -OCH3 is 4. The number of oxazole rings is 1. The zero-order valence-corrected chi connectivity index (χ0v) is 23.9. The van der Waals surface area contributed by atoms with Crippen molar-refractivity contribution in [1.29, 1.82) is 0 Å². The molecule has 0 aliphatic rings. The smallest absolute Gasteiger partial charge is 0.443 e. The maximum absolute atomic E-state index is 12.8. The minimum Gasteiger partial charge on any atom is -0.493 e. The van der Waals surface area contributed by atoms with Crippen LogP contribution in [-0.4, -0.2) is 45.5 Å². The first kappa shape index (κ1) is 29.2. The highest BCUT2D eigenvalue weighted by molar-refractivity contribution is 6.36. The quantitative estimate of drug-likeness (QED) is 0.141. The molecule has 1 aromatic heterocycles. The van der Waals surface area contributed by atoms with Crippen LogP contribution in [0.2, 0.25) is 10.0 Å². The van der Waals surface area contributed by atoms with Gasteiger partial charge in [-0.3, -0.25) is 0 Å². The minimum atomic E-state index is -0.786. The third-order valence-electron chi connectivity index (χ3n) is 5.56. The van der Waals surface area contributed by atoms with Crippen molar-refractivity contribution < 1.29 is 23.4 Å². The van der Waals surface area contributed by atoms with Gasteiger partial charge in [0.25, 0.3) is 5.88 Å². The predicted molar refractivity (Wildman–Crippen MR) is 160 cm³/mol. The molecule has 3 aromatic carbocycles. The van der Waals surface area contributed by atoms with Crippen molar-refractivity contribution in [1.82, 2.24) is 4.68 Å². The third kappa shape index (κ3) is 7.04. The van der Waals surface area contributed by atoms with Crippen LogP contribution in [0.4, 0.5) is 17.4 Å². The fourth-order valence-electron chi connectivity index (χ4n) is 3.56. The Balaban J connectivity index is 1.62. The van der Waals surface area contributed by atoms with Crippen LogP contribution in [0, 0.1) is 0 Å². The summed E-state index contributed by atoms with van der Waals surface area (Å²) < 4.78 is 27.6. The van der Waals surface area contributed by atoms with Crippen molar-refractivity contribution >= 4 is 53.0 Å². The lowest BCUT2D eigenvalue weighted by atomic mass is 10.2. The van der Waals surface area contributed by atoms with Gasteiger partial charge in [0.1, 0.15) is 0 Å². The van der Waals surface area contributed by atoms with Gasteiger partial charge >= 0.3 is 5.76 Å². The number of aromatic nitrogens is 1. The molecule has 4 rings (SSSR count). The first-order valence-corrected chi connectivity index (χ1v) is 12.6. The van der Waals surface area contributed by atoms with E-state index in [0.717, 1.165) is 4.68 Å². The number of hydrogen-bond donors (Lipinski definition) is 3. The van der Waals surface area contributed by atoms with E-state index in [2.05, 4.69) is 26.5 Å². The largest absolute Gasteiger partial charge is 0.493 e. The lowest BCUT2D eigenvalue weighted by Gasteiger charge is -2.11. The summed E-state index contributed by atoms with van der Waals surface area (Å²) in [6, 6.07) is 15.3. The van der Waals surface area contributed by atoms with Gasteiger partial charge in [-0.2, -0.15) is 10.2 Å². The van der Waals surface area contributed by atoms with Crippen LogP contribution in [-0.2, 0) is 0 Å². The summed E-state index contributed by atoms with van der Waals surface area (Å²) in [6.07, 6.45) is 3.00. The molecule has 0 saturated carbocycles. The Morgan fingerprint density at radius 2 is 1.37 bits per heavy atom. The van der Waals surface area contributed by atoms with E-state index in [1.807, 2.05) is 0 Å². The fraction of sp³-hybridized carbons (Fsp3) is 0.148. The number of benzene rings is 3. The normalized spacial score (nSPS) is 11.1. The number of hydrazone groups is 2. The molecule has 0 saturated heterocycles. The summed E-state index contributed by atoms with van der Waals surface area (Å²) >= 11 is 12.4. The highest BCUT2D eigenvalue weighted by atomic mass is 35.5. The van der Waals surface area contributed by atoms with Crippen LogP contribution >= 0.6 is 23.2 Å². The number of halogens is 2. The monoisotopic (exact) mass is 600 g/mol. The Morgan fingerprint density at radius 1 is 0.780 bits per heavy atom. The molecule has 0 aliphatic heterocycles. The van der Waals surface area contributed by atoms with Gasteiger partial charge in [0.2, 0.25) is 5.82 Å². The van der Waals surface area contributed by atoms with E-state index >= 15 is 0 Å². The molecule has 14 heteroatoms. The summed E-state index contributed by atoms with van der Waals surface area (Å²) in [6.45, 7) is 0. The molecule has 41 heavy (non-hydrogen) atoms. The first-order valence-electron chi connectivity index (χ1n) is 11.9. The number of nitrogens with one attached hydrogen (secondary N) is 3.